The van der Waals surface area contributed by atoms with Crippen LogP contribution in [-0.4, -0.2) is 56.9 Å². The summed E-state index contributed by atoms with van der Waals surface area (Å²) in [6.07, 6.45) is -0.312. The first-order valence-corrected chi connectivity index (χ1v) is 28.5. The molecule has 0 aliphatic carbocycles. The van der Waals surface area contributed by atoms with Crippen LogP contribution in [0.1, 0.15) is 155 Å². The average Bonchev–Trinajstić information content (AvgIpc) is 4.31. The molecule has 2 aromatic heterocycles. The maximum atomic E-state index is 7.30. The number of fused-ring (bicyclic) bond motifs is 14. The van der Waals surface area contributed by atoms with Gasteiger partial charge in [-0.25, -0.2) is 30.0 Å². The minimum absolute atomic E-state index is 0.0660. The van der Waals surface area contributed by atoms with Crippen molar-refractivity contribution in [1.82, 2.24) is 9.13 Å². The molecule has 0 radical (unpaired) electrons. The van der Waals surface area contributed by atoms with Gasteiger partial charge < -0.3 is 18.9 Å². The fraction of sp³-hybridized carbons (Fsp3) is 0.508. The highest BCUT2D eigenvalue weighted by Crippen LogP contribution is 2.48. The number of aliphatic imine (C=N–C) groups is 4. The highest BCUT2D eigenvalue weighted by molar-refractivity contribution is 6.27. The zero-order chi connectivity index (χ0) is 55.4. The third kappa shape index (κ3) is 9.18. The zero-order valence-corrected chi connectivity index (χ0v) is 49.5. The molecule has 0 atom stereocenters. The van der Waals surface area contributed by atoms with Crippen LogP contribution in [-0.2, 0) is 6.67 Å². The Bertz CT molecular complexity index is 3580. The van der Waals surface area contributed by atoms with E-state index in [-0.39, 0.29) is 78.4 Å². The van der Waals surface area contributed by atoms with Gasteiger partial charge in [0, 0.05) is 21.9 Å². The minimum Gasteiger partial charge on any atom is -0.489 e. The zero-order valence-electron chi connectivity index (χ0n) is 49.5. The van der Waals surface area contributed by atoms with Gasteiger partial charge in [0.05, 0.1) is 21.9 Å². The summed E-state index contributed by atoms with van der Waals surface area (Å²) in [5.41, 5.74) is 8.84. The second-order valence-corrected chi connectivity index (χ2v) is 25.1. The number of hydrogen-bond donors (Lipinski definition) is 0. The predicted molar refractivity (Wildman–Crippen MR) is 315 cm³/mol. The normalized spacial score (nSPS) is 14.8. The monoisotopic (exact) mass is 1040 g/mol. The SMILES string of the molecule is Cc1ccc(OC(C(C)C)C(C)C)c2c1C1=Nc3c4c(OC(C(C)C)C(C)C)ccc(C)c4c4n3Cn3c(c5c(C)ccc(OC(C(C)C)C(C)C)c5c3=NC3=NC(=N4)c4c(OC(C(C)C)C(C)C)ccc(C)c43)=NC2=N1. The standard InChI is InChI=1S/C65H82N8O4/c1-30(2)54(31(3)4)74-42-25-21-38(17)46-50(42)60-66-58(46)68-64-53-45(77-57(36(13)14)37(15)16)28-24-41(20)49(53)63-71-61-51-43(75-55(32(5)6)33(7)8)26-22-39(18)47(51)59(67-61)69-65-52-44(76-56(34(9)10)35(11)12)27-23-40(19)48(52)62(70-60)72(65)29-73(63)64/h21-28,30-37,54-57H,29H2,1-20H3. The van der Waals surface area contributed by atoms with E-state index in [1.165, 1.54) is 0 Å². The van der Waals surface area contributed by atoms with E-state index in [0.717, 1.165) is 89.1 Å². The van der Waals surface area contributed by atoms with Crippen molar-refractivity contribution in [2.45, 2.75) is 170 Å². The summed E-state index contributed by atoms with van der Waals surface area (Å²) in [5, 5.41) is 3.54. The van der Waals surface area contributed by atoms with Gasteiger partial charge in [0.1, 0.15) is 76.7 Å². The molecule has 10 rings (SSSR count). The molecule has 77 heavy (non-hydrogen) atoms. The van der Waals surface area contributed by atoms with Gasteiger partial charge in [-0.05, 0) is 122 Å². The molecule has 4 aromatic carbocycles. The molecule has 6 aromatic rings. The van der Waals surface area contributed by atoms with Crippen molar-refractivity contribution in [1.29, 1.82) is 0 Å². The molecule has 406 valence electrons. The van der Waals surface area contributed by atoms with E-state index >= 15 is 0 Å². The first-order valence-electron chi connectivity index (χ1n) is 28.5. The smallest absolute Gasteiger partial charge is 0.168 e. The van der Waals surface area contributed by atoms with Crippen molar-refractivity contribution in [3.05, 3.63) is 104 Å². The Morgan fingerprint density at radius 3 is 1.05 bits per heavy atom. The number of aromatic nitrogens is 2. The Labute approximate surface area is 456 Å². The second-order valence-electron chi connectivity index (χ2n) is 25.1. The molecule has 6 bridgehead atoms. The van der Waals surface area contributed by atoms with Crippen molar-refractivity contribution in [2.75, 3.05) is 0 Å². The van der Waals surface area contributed by atoms with Crippen LogP contribution in [0.3, 0.4) is 0 Å². The largest absolute Gasteiger partial charge is 0.489 e. The molecule has 0 saturated carbocycles. The maximum absolute atomic E-state index is 7.30. The number of nitrogens with zero attached hydrogens (tertiary/aromatic N) is 8. The molecule has 0 fully saturated rings. The fourth-order valence-electron chi connectivity index (χ4n) is 12.7. The minimum atomic E-state index is -0.0898. The van der Waals surface area contributed by atoms with E-state index < -0.39 is 0 Å². The van der Waals surface area contributed by atoms with Crippen LogP contribution in [0.5, 0.6) is 23.0 Å². The Balaban J connectivity index is 1.44. The van der Waals surface area contributed by atoms with Crippen molar-refractivity contribution in [3.63, 3.8) is 0 Å². The molecule has 4 aliphatic rings. The van der Waals surface area contributed by atoms with E-state index in [9.17, 15) is 0 Å². The van der Waals surface area contributed by atoms with Crippen LogP contribution >= 0.6 is 0 Å². The van der Waals surface area contributed by atoms with Gasteiger partial charge in [0.25, 0.3) is 0 Å². The van der Waals surface area contributed by atoms with Crippen LogP contribution in [0.4, 0.5) is 11.6 Å². The summed E-state index contributed by atoms with van der Waals surface area (Å²) in [5.74, 6) is 8.35. The quantitative estimate of drug-likeness (QED) is 0.0958. The molecule has 4 aliphatic heterocycles. The van der Waals surface area contributed by atoms with Crippen molar-refractivity contribution in [2.24, 2.45) is 77.3 Å². The van der Waals surface area contributed by atoms with Crippen LogP contribution in [0, 0.1) is 75.0 Å². The Morgan fingerprint density at radius 2 is 0.623 bits per heavy atom. The molecule has 0 unspecified atom stereocenters. The molecule has 0 N–H and O–H groups in total. The van der Waals surface area contributed by atoms with Gasteiger partial charge in [-0.2, -0.15) is 0 Å². The van der Waals surface area contributed by atoms with E-state index in [1.807, 2.05) is 0 Å². The number of aryl methyl sites for hydroxylation is 4. The summed E-state index contributed by atoms with van der Waals surface area (Å²) in [7, 11) is 0. The topological polar surface area (TPSA) is 121 Å². The van der Waals surface area contributed by atoms with Gasteiger partial charge >= 0.3 is 0 Å². The lowest BCUT2D eigenvalue weighted by molar-refractivity contribution is 0.105. The van der Waals surface area contributed by atoms with E-state index in [0.29, 0.717) is 46.0 Å². The summed E-state index contributed by atoms with van der Waals surface area (Å²) in [6, 6.07) is 17.0. The number of amidine groups is 4. The molecule has 0 saturated heterocycles. The molecule has 12 heteroatoms. The summed E-state index contributed by atoms with van der Waals surface area (Å²) < 4.78 is 33.4. The number of hydrogen-bond acceptors (Lipinski definition) is 10. The first-order chi connectivity index (χ1) is 36.5. The van der Waals surface area contributed by atoms with Gasteiger partial charge in [-0.1, -0.05) is 135 Å². The molecular weight excluding hydrogens is 957 g/mol. The lowest BCUT2D eigenvalue weighted by Crippen LogP contribution is -2.33. The van der Waals surface area contributed by atoms with Gasteiger partial charge in [-0.3, -0.25) is 9.13 Å². The Kier molecular flexibility index (Phi) is 14.2. The molecule has 0 spiro atoms. The van der Waals surface area contributed by atoms with Crippen LogP contribution in [0.15, 0.2) is 78.5 Å². The molecular formula is C65H82N8O4. The third-order valence-electron chi connectivity index (χ3n) is 16.2. The van der Waals surface area contributed by atoms with Crippen molar-refractivity contribution in [3.8, 4) is 23.0 Å². The maximum Gasteiger partial charge on any atom is 0.168 e. The number of benzene rings is 4. The summed E-state index contributed by atoms with van der Waals surface area (Å²) in [4.78, 5) is 34.3. The number of rotatable bonds is 16. The lowest BCUT2D eigenvalue weighted by Gasteiger charge is -2.27. The third-order valence-corrected chi connectivity index (χ3v) is 16.2. The van der Waals surface area contributed by atoms with Crippen molar-refractivity contribution < 1.29 is 18.9 Å². The van der Waals surface area contributed by atoms with Gasteiger partial charge in [0.2, 0.25) is 0 Å². The summed E-state index contributed by atoms with van der Waals surface area (Å²) in [6.45, 7) is 44.4. The van der Waals surface area contributed by atoms with Crippen LogP contribution in [0.25, 0.3) is 21.5 Å². The van der Waals surface area contributed by atoms with E-state index in [4.69, 9.17) is 48.9 Å². The van der Waals surface area contributed by atoms with Gasteiger partial charge in [0.15, 0.2) is 23.3 Å². The highest BCUT2D eigenvalue weighted by Gasteiger charge is 2.37. The molecule has 12 nitrogen and oxygen atoms in total. The van der Waals surface area contributed by atoms with Crippen LogP contribution < -0.4 is 29.9 Å². The lowest BCUT2D eigenvalue weighted by atomic mass is 9.95. The number of ether oxygens (including phenoxy) is 4. The second kappa shape index (κ2) is 20.3. The molecule has 0 amide bonds. The van der Waals surface area contributed by atoms with Crippen LogP contribution in [0.2, 0.25) is 0 Å². The molecule has 6 heterocycles. The van der Waals surface area contributed by atoms with E-state index in [2.05, 4.69) is 196 Å². The Hall–Kier alpha value is -6.56. The average molecular weight is 1040 g/mol. The highest BCUT2D eigenvalue weighted by atomic mass is 16.5. The van der Waals surface area contributed by atoms with Crippen molar-refractivity contribution >= 4 is 56.5 Å². The predicted octanol–water partition coefficient (Wildman–Crippen LogP) is 14.5. The summed E-state index contributed by atoms with van der Waals surface area (Å²) >= 11 is 0. The Morgan fingerprint density at radius 1 is 0.312 bits per heavy atom. The van der Waals surface area contributed by atoms with Gasteiger partial charge in [-0.15, -0.1) is 0 Å². The van der Waals surface area contributed by atoms with E-state index in [1.54, 1.807) is 0 Å². The first kappa shape index (κ1) is 53.8. The fourth-order valence-corrected chi connectivity index (χ4v) is 12.7.